The fourth-order valence-corrected chi connectivity index (χ4v) is 1.81. The summed E-state index contributed by atoms with van der Waals surface area (Å²) in [7, 11) is 0. The van der Waals surface area contributed by atoms with E-state index >= 15 is 0 Å². The van der Waals surface area contributed by atoms with Gasteiger partial charge in [0, 0.05) is 6.54 Å². The van der Waals surface area contributed by atoms with Crippen LogP contribution >= 0.6 is 0 Å². The molecule has 0 amide bonds. The van der Waals surface area contributed by atoms with E-state index in [1.54, 1.807) is 0 Å². The monoisotopic (exact) mass is 247 g/mol. The number of hydrogen-bond acceptors (Lipinski definition) is 3. The van der Waals surface area contributed by atoms with Crippen molar-refractivity contribution in [2.75, 3.05) is 26.3 Å². The van der Waals surface area contributed by atoms with Gasteiger partial charge in [-0.25, -0.2) is 0 Å². The molecule has 1 aliphatic rings. The molecule has 1 aliphatic heterocycles. The zero-order valence-electron chi connectivity index (χ0n) is 11.1. The lowest BCUT2D eigenvalue weighted by Crippen LogP contribution is -2.19. The van der Waals surface area contributed by atoms with E-state index in [4.69, 9.17) is 9.47 Å². The zero-order valence-corrected chi connectivity index (χ0v) is 11.1. The van der Waals surface area contributed by atoms with Crippen molar-refractivity contribution < 1.29 is 9.47 Å². The van der Waals surface area contributed by atoms with Crippen LogP contribution in [0.25, 0.3) is 6.08 Å². The molecule has 2 rings (SSSR count). The van der Waals surface area contributed by atoms with Crippen LogP contribution in [0.15, 0.2) is 24.3 Å². The summed E-state index contributed by atoms with van der Waals surface area (Å²) in [6.45, 7) is 7.63. The molecule has 0 spiro atoms. The molecule has 0 saturated heterocycles. The molecule has 0 aromatic heterocycles. The lowest BCUT2D eigenvalue weighted by molar-refractivity contribution is 0.171. The van der Waals surface area contributed by atoms with E-state index in [-0.39, 0.29) is 0 Å². The standard InChI is InChI=1S/C15H21NO2/c1-12(2)11-16-7-3-4-13-5-6-14-15(10-13)18-9-8-17-14/h3-6,10,12,16H,7-9,11H2,1-2H3. The Morgan fingerprint density at radius 2 is 2.00 bits per heavy atom. The van der Waals surface area contributed by atoms with Gasteiger partial charge in [0.25, 0.3) is 0 Å². The molecule has 0 fully saturated rings. The van der Waals surface area contributed by atoms with Crippen molar-refractivity contribution in [3.8, 4) is 11.5 Å². The van der Waals surface area contributed by atoms with Crippen LogP contribution in [0.5, 0.6) is 11.5 Å². The fraction of sp³-hybridized carbons (Fsp3) is 0.467. The Kier molecular flexibility index (Phi) is 4.65. The minimum Gasteiger partial charge on any atom is -0.486 e. The van der Waals surface area contributed by atoms with Gasteiger partial charge in [-0.3, -0.25) is 0 Å². The summed E-state index contributed by atoms with van der Waals surface area (Å²) in [6.07, 6.45) is 4.24. The molecule has 3 heteroatoms. The number of nitrogens with one attached hydrogen (secondary N) is 1. The molecule has 1 aromatic carbocycles. The number of rotatable bonds is 5. The van der Waals surface area contributed by atoms with Crippen molar-refractivity contribution in [1.82, 2.24) is 5.32 Å². The van der Waals surface area contributed by atoms with Gasteiger partial charge < -0.3 is 14.8 Å². The van der Waals surface area contributed by atoms with E-state index in [0.29, 0.717) is 19.1 Å². The summed E-state index contributed by atoms with van der Waals surface area (Å²) in [6, 6.07) is 6.04. The second-order valence-electron chi connectivity index (χ2n) is 4.86. The Hall–Kier alpha value is -1.48. The van der Waals surface area contributed by atoms with Crippen LogP contribution < -0.4 is 14.8 Å². The summed E-state index contributed by atoms with van der Waals surface area (Å²) in [5.74, 6) is 2.38. The highest BCUT2D eigenvalue weighted by atomic mass is 16.6. The quantitative estimate of drug-likeness (QED) is 0.812. The van der Waals surface area contributed by atoms with Gasteiger partial charge in [0.05, 0.1) is 0 Å². The number of ether oxygens (including phenoxy) is 2. The lowest BCUT2D eigenvalue weighted by Gasteiger charge is -2.18. The van der Waals surface area contributed by atoms with Gasteiger partial charge in [0.15, 0.2) is 11.5 Å². The Labute approximate surface area is 109 Å². The van der Waals surface area contributed by atoms with E-state index in [0.717, 1.165) is 30.2 Å². The van der Waals surface area contributed by atoms with Crippen LogP contribution in [0.3, 0.4) is 0 Å². The van der Waals surface area contributed by atoms with Gasteiger partial charge in [0.2, 0.25) is 0 Å². The Morgan fingerprint density at radius 1 is 1.22 bits per heavy atom. The maximum Gasteiger partial charge on any atom is 0.161 e. The van der Waals surface area contributed by atoms with Crippen LogP contribution in [-0.4, -0.2) is 26.3 Å². The third kappa shape index (κ3) is 3.77. The molecule has 1 heterocycles. The van der Waals surface area contributed by atoms with E-state index in [9.17, 15) is 0 Å². The van der Waals surface area contributed by atoms with Gasteiger partial charge in [-0.1, -0.05) is 32.1 Å². The van der Waals surface area contributed by atoms with Crippen molar-refractivity contribution in [3.63, 3.8) is 0 Å². The minimum absolute atomic E-state index is 0.635. The van der Waals surface area contributed by atoms with Crippen molar-refractivity contribution in [1.29, 1.82) is 0 Å². The van der Waals surface area contributed by atoms with Crippen LogP contribution in [0.4, 0.5) is 0 Å². The van der Waals surface area contributed by atoms with E-state index < -0.39 is 0 Å². The molecule has 0 bridgehead atoms. The second kappa shape index (κ2) is 6.45. The van der Waals surface area contributed by atoms with Crippen molar-refractivity contribution in [2.45, 2.75) is 13.8 Å². The topological polar surface area (TPSA) is 30.5 Å². The molecule has 0 aliphatic carbocycles. The summed E-state index contributed by atoms with van der Waals surface area (Å²) in [5.41, 5.74) is 1.14. The van der Waals surface area contributed by atoms with Gasteiger partial charge >= 0.3 is 0 Å². The normalized spacial score (nSPS) is 14.4. The first kappa shape index (κ1) is 13.0. The van der Waals surface area contributed by atoms with Crippen molar-refractivity contribution in [3.05, 3.63) is 29.8 Å². The summed E-state index contributed by atoms with van der Waals surface area (Å²) in [5, 5.41) is 3.37. The molecule has 0 unspecified atom stereocenters. The first-order chi connectivity index (χ1) is 8.75. The highest BCUT2D eigenvalue weighted by Gasteiger charge is 2.10. The van der Waals surface area contributed by atoms with E-state index in [1.807, 2.05) is 18.2 Å². The lowest BCUT2D eigenvalue weighted by atomic mass is 10.2. The molecule has 98 valence electrons. The van der Waals surface area contributed by atoms with Crippen LogP contribution in [0, 0.1) is 5.92 Å². The van der Waals surface area contributed by atoms with Gasteiger partial charge in [0.1, 0.15) is 13.2 Å². The summed E-state index contributed by atoms with van der Waals surface area (Å²) in [4.78, 5) is 0. The summed E-state index contributed by atoms with van der Waals surface area (Å²) >= 11 is 0. The molecular formula is C15H21NO2. The van der Waals surface area contributed by atoms with Crippen molar-refractivity contribution >= 4 is 6.08 Å². The smallest absolute Gasteiger partial charge is 0.161 e. The molecular weight excluding hydrogens is 226 g/mol. The van der Waals surface area contributed by atoms with Crippen molar-refractivity contribution in [2.24, 2.45) is 5.92 Å². The Balaban J connectivity index is 1.87. The zero-order chi connectivity index (χ0) is 12.8. The molecule has 0 saturated carbocycles. The van der Waals surface area contributed by atoms with Crippen LogP contribution in [-0.2, 0) is 0 Å². The maximum atomic E-state index is 5.55. The first-order valence-electron chi connectivity index (χ1n) is 6.52. The summed E-state index contributed by atoms with van der Waals surface area (Å²) < 4.78 is 11.0. The predicted octanol–water partition coefficient (Wildman–Crippen LogP) is 2.72. The third-order valence-electron chi connectivity index (χ3n) is 2.69. The second-order valence-corrected chi connectivity index (χ2v) is 4.86. The van der Waals surface area contributed by atoms with Gasteiger partial charge in [-0.05, 0) is 30.2 Å². The van der Waals surface area contributed by atoms with Gasteiger partial charge in [-0.2, -0.15) is 0 Å². The first-order valence-corrected chi connectivity index (χ1v) is 6.52. The largest absolute Gasteiger partial charge is 0.486 e. The molecule has 3 nitrogen and oxygen atoms in total. The molecule has 1 aromatic rings. The molecule has 18 heavy (non-hydrogen) atoms. The molecule has 1 N–H and O–H groups in total. The fourth-order valence-electron chi connectivity index (χ4n) is 1.81. The highest BCUT2D eigenvalue weighted by Crippen LogP contribution is 2.30. The van der Waals surface area contributed by atoms with Crippen LogP contribution in [0.2, 0.25) is 0 Å². The number of benzene rings is 1. The average Bonchev–Trinajstić information content (AvgIpc) is 2.38. The van der Waals surface area contributed by atoms with Gasteiger partial charge in [-0.15, -0.1) is 0 Å². The highest BCUT2D eigenvalue weighted by molar-refractivity contribution is 5.56. The van der Waals surface area contributed by atoms with E-state index in [2.05, 4.69) is 31.3 Å². The SMILES string of the molecule is CC(C)CNCC=Cc1ccc2c(c1)OCCO2. The Bertz CT molecular complexity index is 413. The third-order valence-corrected chi connectivity index (χ3v) is 2.69. The average molecular weight is 247 g/mol. The molecule has 0 atom stereocenters. The van der Waals surface area contributed by atoms with Crippen LogP contribution in [0.1, 0.15) is 19.4 Å². The Morgan fingerprint density at radius 3 is 2.78 bits per heavy atom. The maximum absolute atomic E-state index is 5.55. The number of hydrogen-bond donors (Lipinski definition) is 1. The van der Waals surface area contributed by atoms with E-state index in [1.165, 1.54) is 0 Å². The number of fused-ring (bicyclic) bond motifs is 1. The minimum atomic E-state index is 0.635. The molecule has 0 radical (unpaired) electrons. The predicted molar refractivity (Wildman–Crippen MR) is 74.2 cm³/mol.